The van der Waals surface area contributed by atoms with E-state index in [4.69, 9.17) is 5.26 Å². The Morgan fingerprint density at radius 1 is 1.22 bits per heavy atom. The molecular formula is C17H10FN3OS. The molecule has 1 N–H and O–H groups in total. The van der Waals surface area contributed by atoms with Gasteiger partial charge in [0.2, 0.25) is 0 Å². The van der Waals surface area contributed by atoms with Crippen LogP contribution in [-0.2, 0) is 4.79 Å². The Morgan fingerprint density at radius 2 is 2.00 bits per heavy atom. The van der Waals surface area contributed by atoms with Crippen molar-refractivity contribution in [2.45, 2.75) is 0 Å². The number of rotatable bonds is 3. The summed E-state index contributed by atoms with van der Waals surface area (Å²) in [4.78, 5) is 16.2. The van der Waals surface area contributed by atoms with Gasteiger partial charge in [-0.2, -0.15) is 5.26 Å². The number of fused-ring (bicyclic) bond motifs is 1. The molecule has 1 heterocycles. The zero-order valence-electron chi connectivity index (χ0n) is 11.8. The maximum absolute atomic E-state index is 13.6. The molecule has 23 heavy (non-hydrogen) atoms. The van der Waals surface area contributed by atoms with Gasteiger partial charge in [-0.3, -0.25) is 10.1 Å². The van der Waals surface area contributed by atoms with Crippen LogP contribution in [0.4, 0.5) is 9.52 Å². The number of benzene rings is 2. The first kappa shape index (κ1) is 14.9. The molecule has 1 amide bonds. The van der Waals surface area contributed by atoms with E-state index in [0.717, 1.165) is 16.9 Å². The van der Waals surface area contributed by atoms with Gasteiger partial charge in [0.15, 0.2) is 5.13 Å². The van der Waals surface area contributed by atoms with Crippen molar-refractivity contribution in [1.29, 1.82) is 5.26 Å². The number of carbonyl (C=O) groups is 1. The van der Waals surface area contributed by atoms with Gasteiger partial charge in [0.1, 0.15) is 23.0 Å². The number of thiazole rings is 1. The second-order valence-electron chi connectivity index (χ2n) is 4.64. The summed E-state index contributed by atoms with van der Waals surface area (Å²) in [5.74, 6) is -1.02. The number of anilines is 1. The standard InChI is InChI=1S/C17H10FN3OS/c18-13-7-4-8-14-15(13)20-17(23-14)21-16(22)12(10-19)9-11-5-2-1-3-6-11/h1-9H,(H,20,21,22)/b12-9+. The topological polar surface area (TPSA) is 65.8 Å². The number of para-hydroxylation sites is 1. The lowest BCUT2D eigenvalue weighted by molar-refractivity contribution is -0.112. The number of amides is 1. The summed E-state index contributed by atoms with van der Waals surface area (Å²) in [6, 6.07) is 15.5. The molecule has 0 spiro atoms. The molecular weight excluding hydrogens is 313 g/mol. The van der Waals surface area contributed by atoms with E-state index >= 15 is 0 Å². The van der Waals surface area contributed by atoms with Gasteiger partial charge in [-0.1, -0.05) is 47.7 Å². The number of aromatic nitrogens is 1. The van der Waals surface area contributed by atoms with Crippen LogP contribution < -0.4 is 5.32 Å². The lowest BCUT2D eigenvalue weighted by Crippen LogP contribution is -2.13. The van der Waals surface area contributed by atoms with Gasteiger partial charge in [-0.15, -0.1) is 0 Å². The smallest absolute Gasteiger partial charge is 0.268 e. The number of hydrogen-bond donors (Lipinski definition) is 1. The molecule has 0 aliphatic rings. The number of carbonyl (C=O) groups excluding carboxylic acids is 1. The monoisotopic (exact) mass is 323 g/mol. The molecule has 4 nitrogen and oxygen atoms in total. The van der Waals surface area contributed by atoms with E-state index in [0.29, 0.717) is 4.70 Å². The largest absolute Gasteiger partial charge is 0.297 e. The Labute approximate surface area is 135 Å². The predicted molar refractivity (Wildman–Crippen MR) is 88.2 cm³/mol. The van der Waals surface area contributed by atoms with Crippen LogP contribution in [0.15, 0.2) is 54.1 Å². The zero-order valence-corrected chi connectivity index (χ0v) is 12.6. The second kappa shape index (κ2) is 6.38. The fraction of sp³-hybridized carbons (Fsp3) is 0. The van der Waals surface area contributed by atoms with E-state index < -0.39 is 11.7 Å². The molecule has 6 heteroatoms. The first-order chi connectivity index (χ1) is 11.2. The van der Waals surface area contributed by atoms with Crippen molar-refractivity contribution >= 4 is 38.7 Å². The van der Waals surface area contributed by atoms with Crippen molar-refractivity contribution in [2.24, 2.45) is 0 Å². The van der Waals surface area contributed by atoms with Crippen LogP contribution in [0, 0.1) is 17.1 Å². The third-order valence-corrected chi connectivity index (χ3v) is 4.00. The van der Waals surface area contributed by atoms with Gasteiger partial charge in [0.25, 0.3) is 5.91 Å². The van der Waals surface area contributed by atoms with Crippen LogP contribution in [0.5, 0.6) is 0 Å². The van der Waals surface area contributed by atoms with Crippen LogP contribution in [0.25, 0.3) is 16.3 Å². The van der Waals surface area contributed by atoms with Gasteiger partial charge < -0.3 is 0 Å². The summed E-state index contributed by atoms with van der Waals surface area (Å²) in [6.07, 6.45) is 1.49. The third kappa shape index (κ3) is 3.25. The van der Waals surface area contributed by atoms with Crippen molar-refractivity contribution in [3.05, 3.63) is 65.5 Å². The minimum atomic E-state index is -0.573. The summed E-state index contributed by atoms with van der Waals surface area (Å²) in [7, 11) is 0. The normalized spacial score (nSPS) is 11.2. The molecule has 0 saturated carbocycles. The van der Waals surface area contributed by atoms with Crippen LogP contribution in [-0.4, -0.2) is 10.9 Å². The zero-order chi connectivity index (χ0) is 16.2. The summed E-state index contributed by atoms with van der Waals surface area (Å²) >= 11 is 1.15. The Bertz CT molecular complexity index is 941. The average Bonchev–Trinajstić information content (AvgIpc) is 2.97. The Balaban J connectivity index is 1.86. The fourth-order valence-corrected chi connectivity index (χ4v) is 2.87. The van der Waals surface area contributed by atoms with E-state index in [2.05, 4.69) is 10.3 Å². The Morgan fingerprint density at radius 3 is 2.70 bits per heavy atom. The highest BCUT2D eigenvalue weighted by atomic mass is 32.1. The fourth-order valence-electron chi connectivity index (χ4n) is 2.00. The maximum atomic E-state index is 13.6. The predicted octanol–water partition coefficient (Wildman–Crippen LogP) is 3.98. The molecule has 3 aromatic rings. The van der Waals surface area contributed by atoms with E-state index in [1.165, 1.54) is 12.1 Å². The Hall–Kier alpha value is -3.04. The minimum Gasteiger partial charge on any atom is -0.297 e. The molecule has 0 atom stereocenters. The summed E-state index contributed by atoms with van der Waals surface area (Å²) in [6.45, 7) is 0. The van der Waals surface area contributed by atoms with Gasteiger partial charge in [0.05, 0.1) is 4.70 Å². The molecule has 0 radical (unpaired) electrons. The molecule has 0 unspecified atom stereocenters. The first-order valence-corrected chi connectivity index (χ1v) is 7.52. The molecule has 112 valence electrons. The Kier molecular flexibility index (Phi) is 4.13. The van der Waals surface area contributed by atoms with Gasteiger partial charge in [0, 0.05) is 0 Å². The number of nitrogens with one attached hydrogen (secondary N) is 1. The summed E-state index contributed by atoms with van der Waals surface area (Å²) < 4.78 is 14.2. The number of halogens is 1. The van der Waals surface area contributed by atoms with Crippen LogP contribution in [0.1, 0.15) is 5.56 Å². The quantitative estimate of drug-likeness (QED) is 0.585. The van der Waals surface area contributed by atoms with E-state index in [1.807, 2.05) is 24.3 Å². The van der Waals surface area contributed by atoms with E-state index in [9.17, 15) is 9.18 Å². The highest BCUT2D eigenvalue weighted by Gasteiger charge is 2.13. The van der Waals surface area contributed by atoms with Crippen molar-refractivity contribution < 1.29 is 9.18 Å². The molecule has 0 aliphatic carbocycles. The van der Waals surface area contributed by atoms with Crippen molar-refractivity contribution in [1.82, 2.24) is 4.98 Å². The average molecular weight is 323 g/mol. The molecule has 0 saturated heterocycles. The first-order valence-electron chi connectivity index (χ1n) is 6.70. The molecule has 0 aliphatic heterocycles. The minimum absolute atomic E-state index is 0.0454. The van der Waals surface area contributed by atoms with Crippen molar-refractivity contribution in [3.8, 4) is 6.07 Å². The molecule has 2 aromatic carbocycles. The van der Waals surface area contributed by atoms with Crippen LogP contribution in [0.3, 0.4) is 0 Å². The lowest BCUT2D eigenvalue weighted by Gasteiger charge is -2.00. The molecule has 0 bridgehead atoms. The third-order valence-electron chi connectivity index (χ3n) is 3.07. The van der Waals surface area contributed by atoms with Crippen LogP contribution >= 0.6 is 11.3 Å². The number of hydrogen-bond acceptors (Lipinski definition) is 4. The summed E-state index contributed by atoms with van der Waals surface area (Å²) in [5.41, 5.74) is 0.906. The molecule has 3 rings (SSSR count). The van der Waals surface area contributed by atoms with Crippen molar-refractivity contribution in [3.63, 3.8) is 0 Å². The maximum Gasteiger partial charge on any atom is 0.268 e. The summed E-state index contributed by atoms with van der Waals surface area (Å²) in [5, 5.41) is 12.0. The number of nitrogens with zero attached hydrogens (tertiary/aromatic N) is 2. The van der Waals surface area contributed by atoms with Gasteiger partial charge in [-0.25, -0.2) is 9.37 Å². The van der Waals surface area contributed by atoms with E-state index in [-0.39, 0.29) is 16.2 Å². The van der Waals surface area contributed by atoms with E-state index in [1.54, 1.807) is 24.3 Å². The molecule has 1 aromatic heterocycles. The SMILES string of the molecule is N#C/C(=C\c1ccccc1)C(=O)Nc1nc2c(F)cccc2s1. The highest BCUT2D eigenvalue weighted by Crippen LogP contribution is 2.27. The number of nitriles is 1. The van der Waals surface area contributed by atoms with Gasteiger partial charge >= 0.3 is 0 Å². The second-order valence-corrected chi connectivity index (χ2v) is 5.67. The lowest BCUT2D eigenvalue weighted by atomic mass is 10.1. The van der Waals surface area contributed by atoms with Gasteiger partial charge in [-0.05, 0) is 23.8 Å². The molecule has 0 fully saturated rings. The van der Waals surface area contributed by atoms with Crippen LogP contribution in [0.2, 0.25) is 0 Å². The van der Waals surface area contributed by atoms with Crippen molar-refractivity contribution in [2.75, 3.05) is 5.32 Å². The highest BCUT2D eigenvalue weighted by molar-refractivity contribution is 7.22.